The highest BCUT2D eigenvalue weighted by Gasteiger charge is 2.25. The maximum Gasteiger partial charge on any atom is 0.262 e. The molecule has 0 heterocycles. The van der Waals surface area contributed by atoms with Gasteiger partial charge in [-0.3, -0.25) is 4.79 Å². The topological polar surface area (TPSA) is 63.7 Å². The van der Waals surface area contributed by atoms with E-state index in [9.17, 15) is 13.2 Å². The molecule has 0 N–H and O–H groups in total. The van der Waals surface area contributed by atoms with Gasteiger partial charge in [0.15, 0.2) is 0 Å². The summed E-state index contributed by atoms with van der Waals surface area (Å²) in [5, 5.41) is 0.0417. The van der Waals surface area contributed by atoms with Crippen molar-refractivity contribution in [2.45, 2.75) is 11.8 Å². The van der Waals surface area contributed by atoms with Crippen LogP contribution in [0.25, 0.3) is 0 Å². The minimum atomic E-state index is -4.05. The Morgan fingerprint density at radius 1 is 1.40 bits per heavy atom. The van der Waals surface area contributed by atoms with Crippen molar-refractivity contribution >= 4 is 37.2 Å². The van der Waals surface area contributed by atoms with Gasteiger partial charge in [-0.15, -0.1) is 0 Å². The van der Waals surface area contributed by atoms with E-state index in [1.807, 2.05) is 6.92 Å². The lowest BCUT2D eigenvalue weighted by molar-refractivity contribution is 0.0706. The number of nitrogens with zero attached hydrogens (tertiary/aromatic N) is 1. The minimum Gasteiger partial charge on any atom is -0.380 e. The number of likely N-dealkylation sites (N-methyl/N-ethyl adjacent to an activating group) is 1. The largest absolute Gasteiger partial charge is 0.380 e. The number of ether oxygens (including phenoxy) is 1. The van der Waals surface area contributed by atoms with E-state index in [0.717, 1.165) is 0 Å². The lowest BCUT2D eigenvalue weighted by Gasteiger charge is -2.19. The molecule has 0 saturated heterocycles. The van der Waals surface area contributed by atoms with E-state index >= 15 is 0 Å². The van der Waals surface area contributed by atoms with E-state index in [-0.39, 0.29) is 15.5 Å². The van der Waals surface area contributed by atoms with Crippen molar-refractivity contribution in [3.63, 3.8) is 0 Å². The Balaban J connectivity index is 3.10. The SMILES string of the molecule is CCOCCN(C)C(=O)c1c(Cl)cccc1S(=O)(=O)Cl. The molecule has 112 valence electrons. The molecule has 0 aromatic heterocycles. The zero-order valence-electron chi connectivity index (χ0n) is 11.1. The van der Waals surface area contributed by atoms with Crippen molar-refractivity contribution in [3.8, 4) is 0 Å². The summed E-state index contributed by atoms with van der Waals surface area (Å²) in [6, 6.07) is 4.11. The van der Waals surface area contributed by atoms with Crippen molar-refractivity contribution in [2.75, 3.05) is 26.8 Å². The molecule has 0 unspecified atom stereocenters. The van der Waals surface area contributed by atoms with Crippen LogP contribution in [-0.4, -0.2) is 46.0 Å². The molecule has 1 amide bonds. The Morgan fingerprint density at radius 3 is 2.60 bits per heavy atom. The Bertz CT molecular complexity index is 589. The van der Waals surface area contributed by atoms with Crippen LogP contribution in [-0.2, 0) is 13.8 Å². The van der Waals surface area contributed by atoms with Gasteiger partial charge in [-0.2, -0.15) is 0 Å². The Kier molecular flexibility index (Phi) is 6.26. The van der Waals surface area contributed by atoms with Crippen molar-refractivity contribution in [2.24, 2.45) is 0 Å². The second-order valence-electron chi connectivity index (χ2n) is 3.97. The third-order valence-electron chi connectivity index (χ3n) is 2.57. The van der Waals surface area contributed by atoms with E-state index in [1.165, 1.54) is 30.1 Å². The van der Waals surface area contributed by atoms with Gasteiger partial charge in [-0.25, -0.2) is 8.42 Å². The zero-order chi connectivity index (χ0) is 15.3. The normalized spacial score (nSPS) is 11.4. The molecule has 0 bridgehead atoms. The summed E-state index contributed by atoms with van der Waals surface area (Å²) in [5.74, 6) is -0.519. The summed E-state index contributed by atoms with van der Waals surface area (Å²) in [7, 11) is 2.82. The maximum absolute atomic E-state index is 12.3. The second-order valence-corrected chi connectivity index (χ2v) is 6.92. The van der Waals surface area contributed by atoms with Crippen molar-refractivity contribution in [1.82, 2.24) is 4.90 Å². The smallest absolute Gasteiger partial charge is 0.262 e. The first kappa shape index (κ1) is 17.2. The van der Waals surface area contributed by atoms with E-state index in [2.05, 4.69) is 0 Å². The molecule has 0 spiro atoms. The number of benzene rings is 1. The summed E-state index contributed by atoms with van der Waals surface area (Å²) in [6.45, 7) is 3.05. The first-order valence-electron chi connectivity index (χ1n) is 5.85. The fourth-order valence-corrected chi connectivity index (χ4v) is 2.93. The van der Waals surface area contributed by atoms with Crippen LogP contribution in [0.3, 0.4) is 0 Å². The first-order chi connectivity index (χ1) is 9.29. The van der Waals surface area contributed by atoms with Gasteiger partial charge < -0.3 is 9.64 Å². The van der Waals surface area contributed by atoms with Crippen LogP contribution >= 0.6 is 22.3 Å². The zero-order valence-corrected chi connectivity index (χ0v) is 13.4. The molecular weight excluding hydrogens is 325 g/mol. The minimum absolute atomic E-state index is 0.0417. The Hall–Kier alpha value is -0.820. The van der Waals surface area contributed by atoms with Gasteiger partial charge in [-0.05, 0) is 19.1 Å². The van der Waals surface area contributed by atoms with Crippen LogP contribution in [0.15, 0.2) is 23.1 Å². The molecule has 8 heteroatoms. The average molecular weight is 340 g/mol. The highest BCUT2D eigenvalue weighted by molar-refractivity contribution is 8.13. The van der Waals surface area contributed by atoms with Gasteiger partial charge in [0.25, 0.3) is 15.0 Å². The quantitative estimate of drug-likeness (QED) is 0.589. The van der Waals surface area contributed by atoms with Crippen LogP contribution in [0.2, 0.25) is 5.02 Å². The molecule has 0 saturated carbocycles. The van der Waals surface area contributed by atoms with E-state index in [4.69, 9.17) is 27.0 Å². The maximum atomic E-state index is 12.3. The van der Waals surface area contributed by atoms with Crippen LogP contribution in [0.4, 0.5) is 0 Å². The second kappa shape index (κ2) is 7.26. The van der Waals surface area contributed by atoms with Gasteiger partial charge in [0, 0.05) is 30.9 Å². The molecule has 0 radical (unpaired) electrons. The summed E-state index contributed by atoms with van der Waals surface area (Å²) < 4.78 is 28.2. The van der Waals surface area contributed by atoms with Gasteiger partial charge >= 0.3 is 0 Å². The number of halogens is 2. The highest BCUT2D eigenvalue weighted by Crippen LogP contribution is 2.27. The monoisotopic (exact) mass is 339 g/mol. The van der Waals surface area contributed by atoms with Crippen molar-refractivity contribution in [3.05, 3.63) is 28.8 Å². The van der Waals surface area contributed by atoms with Gasteiger partial charge in [0.1, 0.15) is 0 Å². The molecule has 0 aliphatic heterocycles. The van der Waals surface area contributed by atoms with Gasteiger partial charge in [-0.1, -0.05) is 17.7 Å². The third-order valence-corrected chi connectivity index (χ3v) is 4.25. The third kappa shape index (κ3) is 4.34. The number of carbonyl (C=O) groups excluding carboxylic acids is 1. The molecule has 1 rings (SSSR count). The summed E-state index contributed by atoms with van der Waals surface area (Å²) in [6.07, 6.45) is 0. The first-order valence-corrected chi connectivity index (χ1v) is 8.54. The standard InChI is InChI=1S/C12H15Cl2NO4S/c1-3-19-8-7-15(2)12(16)11-9(13)5-4-6-10(11)20(14,17)18/h4-6H,3,7-8H2,1-2H3. The van der Waals surface area contributed by atoms with Crippen LogP contribution in [0, 0.1) is 0 Å². The predicted octanol–water partition coefficient (Wildman–Crippen LogP) is 2.38. The molecule has 0 aliphatic rings. The number of rotatable bonds is 6. The Morgan fingerprint density at radius 2 is 2.05 bits per heavy atom. The van der Waals surface area contributed by atoms with E-state index in [1.54, 1.807) is 0 Å². The molecule has 0 atom stereocenters. The summed E-state index contributed by atoms with van der Waals surface area (Å²) >= 11 is 5.93. The molecule has 5 nitrogen and oxygen atoms in total. The molecule has 0 aliphatic carbocycles. The lowest BCUT2D eigenvalue weighted by atomic mass is 10.2. The molecule has 20 heavy (non-hydrogen) atoms. The molecule has 1 aromatic carbocycles. The fourth-order valence-electron chi connectivity index (χ4n) is 1.55. The van der Waals surface area contributed by atoms with E-state index in [0.29, 0.717) is 19.8 Å². The Labute approximate surface area is 127 Å². The number of hydrogen-bond acceptors (Lipinski definition) is 4. The summed E-state index contributed by atoms with van der Waals surface area (Å²) in [4.78, 5) is 13.3. The van der Waals surface area contributed by atoms with Crippen LogP contribution < -0.4 is 0 Å². The number of amides is 1. The number of hydrogen-bond donors (Lipinski definition) is 0. The van der Waals surface area contributed by atoms with Crippen LogP contribution in [0.5, 0.6) is 0 Å². The number of carbonyl (C=O) groups is 1. The van der Waals surface area contributed by atoms with E-state index < -0.39 is 15.0 Å². The lowest BCUT2D eigenvalue weighted by Crippen LogP contribution is -2.31. The molecular formula is C12H15Cl2NO4S. The highest BCUT2D eigenvalue weighted by atomic mass is 35.7. The molecule has 1 aromatic rings. The van der Waals surface area contributed by atoms with Crippen molar-refractivity contribution in [1.29, 1.82) is 0 Å². The fraction of sp³-hybridized carbons (Fsp3) is 0.417. The average Bonchev–Trinajstić information content (AvgIpc) is 2.36. The van der Waals surface area contributed by atoms with Crippen molar-refractivity contribution < 1.29 is 17.9 Å². The van der Waals surface area contributed by atoms with Crippen LogP contribution in [0.1, 0.15) is 17.3 Å². The van der Waals surface area contributed by atoms with Gasteiger partial charge in [0.2, 0.25) is 0 Å². The predicted molar refractivity (Wildman–Crippen MR) is 77.9 cm³/mol. The summed E-state index contributed by atoms with van der Waals surface area (Å²) in [5.41, 5.74) is -0.122. The van der Waals surface area contributed by atoms with Gasteiger partial charge in [0.05, 0.1) is 22.1 Å². The molecule has 0 fully saturated rings.